The molecule has 0 spiro atoms. The SMILES string of the molecule is O=C(NCCc1ccccc1)OC1CC1. The molecule has 80 valence electrons. The van der Waals surface area contributed by atoms with Gasteiger partial charge in [-0.3, -0.25) is 0 Å². The first-order valence-electron chi connectivity index (χ1n) is 5.33. The largest absolute Gasteiger partial charge is 0.446 e. The lowest BCUT2D eigenvalue weighted by atomic mass is 10.1. The minimum Gasteiger partial charge on any atom is -0.446 e. The second-order valence-electron chi connectivity index (χ2n) is 3.77. The molecular weight excluding hydrogens is 190 g/mol. The van der Waals surface area contributed by atoms with E-state index in [1.54, 1.807) is 0 Å². The lowest BCUT2D eigenvalue weighted by Crippen LogP contribution is -2.27. The molecule has 0 saturated heterocycles. The third kappa shape index (κ3) is 3.62. The third-order valence-electron chi connectivity index (χ3n) is 2.32. The normalized spacial score (nSPS) is 14.7. The van der Waals surface area contributed by atoms with Gasteiger partial charge in [-0.05, 0) is 24.8 Å². The van der Waals surface area contributed by atoms with Gasteiger partial charge < -0.3 is 10.1 Å². The Morgan fingerprint density at radius 3 is 2.73 bits per heavy atom. The van der Waals surface area contributed by atoms with E-state index in [0.717, 1.165) is 19.3 Å². The average Bonchev–Trinajstić information content (AvgIpc) is 3.03. The smallest absolute Gasteiger partial charge is 0.407 e. The Morgan fingerprint density at radius 1 is 1.33 bits per heavy atom. The van der Waals surface area contributed by atoms with Crippen LogP contribution in [0.3, 0.4) is 0 Å². The summed E-state index contributed by atoms with van der Waals surface area (Å²) in [6, 6.07) is 10.1. The number of carbonyl (C=O) groups is 1. The van der Waals surface area contributed by atoms with E-state index in [2.05, 4.69) is 5.32 Å². The summed E-state index contributed by atoms with van der Waals surface area (Å²) < 4.78 is 5.05. The van der Waals surface area contributed by atoms with Gasteiger partial charge in [-0.25, -0.2) is 4.79 Å². The Morgan fingerprint density at radius 2 is 2.07 bits per heavy atom. The van der Waals surface area contributed by atoms with E-state index in [1.807, 2.05) is 30.3 Å². The highest BCUT2D eigenvalue weighted by molar-refractivity contribution is 5.67. The van der Waals surface area contributed by atoms with Crippen molar-refractivity contribution in [3.63, 3.8) is 0 Å². The molecule has 0 aromatic heterocycles. The molecule has 1 amide bonds. The summed E-state index contributed by atoms with van der Waals surface area (Å²) in [6.07, 6.45) is 2.79. The number of rotatable bonds is 4. The number of hydrogen-bond donors (Lipinski definition) is 1. The van der Waals surface area contributed by atoms with Crippen molar-refractivity contribution in [1.82, 2.24) is 5.32 Å². The number of nitrogens with one attached hydrogen (secondary N) is 1. The minimum atomic E-state index is -0.284. The van der Waals surface area contributed by atoms with Crippen molar-refractivity contribution in [1.29, 1.82) is 0 Å². The van der Waals surface area contributed by atoms with Gasteiger partial charge in [-0.1, -0.05) is 30.3 Å². The van der Waals surface area contributed by atoms with Crippen LogP contribution in [-0.2, 0) is 11.2 Å². The predicted octanol–water partition coefficient (Wildman–Crippen LogP) is 2.12. The highest BCUT2D eigenvalue weighted by atomic mass is 16.6. The third-order valence-corrected chi connectivity index (χ3v) is 2.32. The van der Waals surface area contributed by atoms with Crippen LogP contribution >= 0.6 is 0 Å². The quantitative estimate of drug-likeness (QED) is 0.817. The van der Waals surface area contributed by atoms with E-state index < -0.39 is 0 Å². The Hall–Kier alpha value is -1.51. The van der Waals surface area contributed by atoms with Gasteiger partial charge in [0.15, 0.2) is 0 Å². The maximum absolute atomic E-state index is 11.2. The maximum atomic E-state index is 11.2. The number of ether oxygens (including phenoxy) is 1. The fraction of sp³-hybridized carbons (Fsp3) is 0.417. The van der Waals surface area contributed by atoms with E-state index in [-0.39, 0.29) is 12.2 Å². The molecule has 1 aromatic carbocycles. The number of amides is 1. The molecule has 15 heavy (non-hydrogen) atoms. The van der Waals surface area contributed by atoms with Gasteiger partial charge in [-0.2, -0.15) is 0 Å². The van der Waals surface area contributed by atoms with Crippen molar-refractivity contribution in [2.75, 3.05) is 6.54 Å². The lowest BCUT2D eigenvalue weighted by molar-refractivity contribution is 0.139. The number of benzene rings is 1. The molecule has 0 bridgehead atoms. The first-order chi connectivity index (χ1) is 7.34. The molecular formula is C12H15NO2. The summed E-state index contributed by atoms with van der Waals surface area (Å²) in [5.74, 6) is 0. The Kier molecular flexibility index (Phi) is 3.22. The van der Waals surface area contributed by atoms with Crippen molar-refractivity contribution < 1.29 is 9.53 Å². The van der Waals surface area contributed by atoms with Crippen LogP contribution < -0.4 is 5.32 Å². The van der Waals surface area contributed by atoms with Crippen molar-refractivity contribution in [3.8, 4) is 0 Å². The van der Waals surface area contributed by atoms with Crippen molar-refractivity contribution in [3.05, 3.63) is 35.9 Å². The van der Waals surface area contributed by atoms with Gasteiger partial charge in [-0.15, -0.1) is 0 Å². The fourth-order valence-corrected chi connectivity index (χ4v) is 1.33. The summed E-state index contributed by atoms with van der Waals surface area (Å²) in [4.78, 5) is 11.2. The average molecular weight is 205 g/mol. The summed E-state index contributed by atoms with van der Waals surface area (Å²) >= 11 is 0. The monoisotopic (exact) mass is 205 g/mol. The predicted molar refractivity (Wildman–Crippen MR) is 57.7 cm³/mol. The number of hydrogen-bond acceptors (Lipinski definition) is 2. The summed E-state index contributed by atoms with van der Waals surface area (Å²) in [6.45, 7) is 0.634. The topological polar surface area (TPSA) is 38.3 Å². The van der Waals surface area contributed by atoms with Crippen LogP contribution in [0.5, 0.6) is 0 Å². The number of carbonyl (C=O) groups excluding carboxylic acids is 1. The summed E-state index contributed by atoms with van der Waals surface area (Å²) in [7, 11) is 0. The van der Waals surface area contributed by atoms with Crippen LogP contribution in [-0.4, -0.2) is 18.7 Å². The lowest BCUT2D eigenvalue weighted by Gasteiger charge is -2.05. The van der Waals surface area contributed by atoms with E-state index in [1.165, 1.54) is 5.56 Å². The van der Waals surface area contributed by atoms with Crippen LogP contribution in [0, 0.1) is 0 Å². The van der Waals surface area contributed by atoms with Crippen molar-refractivity contribution >= 4 is 6.09 Å². The first kappa shape index (κ1) is 10.0. The zero-order chi connectivity index (χ0) is 10.5. The van der Waals surface area contributed by atoms with E-state index in [0.29, 0.717) is 6.54 Å². The Labute approximate surface area is 89.4 Å². The van der Waals surface area contributed by atoms with Gasteiger partial charge in [0.1, 0.15) is 6.10 Å². The van der Waals surface area contributed by atoms with E-state index in [9.17, 15) is 4.79 Å². The molecule has 0 atom stereocenters. The summed E-state index contributed by atoms with van der Waals surface area (Å²) in [5, 5.41) is 2.74. The van der Waals surface area contributed by atoms with Gasteiger partial charge in [0, 0.05) is 6.54 Å². The van der Waals surface area contributed by atoms with Crippen LogP contribution in [0.1, 0.15) is 18.4 Å². The van der Waals surface area contributed by atoms with Crippen molar-refractivity contribution in [2.45, 2.75) is 25.4 Å². The second kappa shape index (κ2) is 4.82. The first-order valence-corrected chi connectivity index (χ1v) is 5.33. The Balaban J connectivity index is 1.63. The summed E-state index contributed by atoms with van der Waals surface area (Å²) in [5.41, 5.74) is 1.23. The zero-order valence-corrected chi connectivity index (χ0v) is 8.61. The van der Waals surface area contributed by atoms with Crippen molar-refractivity contribution in [2.24, 2.45) is 0 Å². The second-order valence-corrected chi connectivity index (χ2v) is 3.77. The molecule has 0 unspecified atom stereocenters. The molecule has 1 aliphatic carbocycles. The van der Waals surface area contributed by atoms with Crippen LogP contribution in [0.25, 0.3) is 0 Å². The van der Waals surface area contributed by atoms with E-state index >= 15 is 0 Å². The highest BCUT2D eigenvalue weighted by Gasteiger charge is 2.25. The fourth-order valence-electron chi connectivity index (χ4n) is 1.33. The molecule has 2 rings (SSSR count). The molecule has 1 N–H and O–H groups in total. The van der Waals surface area contributed by atoms with Crippen LogP contribution in [0.4, 0.5) is 4.79 Å². The standard InChI is InChI=1S/C12H15NO2/c14-12(15-11-6-7-11)13-9-8-10-4-2-1-3-5-10/h1-5,11H,6-9H2,(H,13,14). The molecule has 1 aromatic rings. The molecule has 3 heteroatoms. The number of alkyl carbamates (subject to hydrolysis) is 1. The molecule has 3 nitrogen and oxygen atoms in total. The highest BCUT2D eigenvalue weighted by Crippen LogP contribution is 2.23. The molecule has 0 radical (unpaired) electrons. The van der Waals surface area contributed by atoms with Gasteiger partial charge in [0.2, 0.25) is 0 Å². The zero-order valence-electron chi connectivity index (χ0n) is 8.61. The van der Waals surface area contributed by atoms with Gasteiger partial charge in [0.25, 0.3) is 0 Å². The molecule has 0 heterocycles. The van der Waals surface area contributed by atoms with Crippen LogP contribution in [0.2, 0.25) is 0 Å². The van der Waals surface area contributed by atoms with Gasteiger partial charge >= 0.3 is 6.09 Å². The van der Waals surface area contributed by atoms with Gasteiger partial charge in [0.05, 0.1) is 0 Å². The Bertz CT molecular complexity index is 320. The molecule has 1 aliphatic rings. The molecule has 0 aliphatic heterocycles. The molecule has 1 fully saturated rings. The minimum absolute atomic E-state index is 0.182. The van der Waals surface area contributed by atoms with Crippen LogP contribution in [0.15, 0.2) is 30.3 Å². The maximum Gasteiger partial charge on any atom is 0.407 e. The molecule has 1 saturated carbocycles. The van der Waals surface area contributed by atoms with E-state index in [4.69, 9.17) is 4.74 Å².